The standard InChI is InChI=1S/C26H32Cl2N6O/c27-21-4-3-6-23(25(21)28)32-14-12-31(13-15-32)17-19-7-9-20(10-8-19)18-33(26(29)35)24-16-30-34-11-2-1-5-22(24)34/h1-6,11,16,19-20H,7-10,12-15,17-18H2,(H2,29,35). The molecule has 7 nitrogen and oxygen atoms in total. The number of nitrogens with zero attached hydrogens (tertiary/aromatic N) is 5. The molecular weight excluding hydrogens is 483 g/mol. The minimum absolute atomic E-state index is 0.413. The van der Waals surface area contributed by atoms with Crippen molar-refractivity contribution in [1.82, 2.24) is 14.5 Å². The molecule has 2 aliphatic rings. The Morgan fingerprint density at radius 1 is 1.00 bits per heavy atom. The minimum Gasteiger partial charge on any atom is -0.368 e. The van der Waals surface area contributed by atoms with Gasteiger partial charge < -0.3 is 10.6 Å². The Hall–Kier alpha value is -2.48. The summed E-state index contributed by atoms with van der Waals surface area (Å²) in [7, 11) is 0. The molecule has 2 amide bonds. The van der Waals surface area contributed by atoms with Crippen molar-refractivity contribution in [2.75, 3.05) is 49.1 Å². The number of carbonyl (C=O) groups is 1. The minimum atomic E-state index is -0.413. The molecule has 2 N–H and O–H groups in total. The molecule has 0 unspecified atom stereocenters. The third kappa shape index (κ3) is 5.37. The lowest BCUT2D eigenvalue weighted by Crippen LogP contribution is -2.48. The second-order valence-electron chi connectivity index (χ2n) is 9.76. The third-order valence-corrected chi connectivity index (χ3v) is 8.34. The van der Waals surface area contributed by atoms with Crippen LogP contribution in [0.2, 0.25) is 10.0 Å². The van der Waals surface area contributed by atoms with Crippen molar-refractivity contribution in [3.05, 3.63) is 58.8 Å². The van der Waals surface area contributed by atoms with Crippen LogP contribution in [0.5, 0.6) is 0 Å². The molecule has 3 aromatic rings. The van der Waals surface area contributed by atoms with Crippen molar-refractivity contribution in [1.29, 1.82) is 0 Å². The zero-order valence-corrected chi connectivity index (χ0v) is 21.3. The number of rotatable bonds is 6. The number of carbonyl (C=O) groups excluding carboxylic acids is 1. The van der Waals surface area contributed by atoms with E-state index in [9.17, 15) is 4.79 Å². The Morgan fingerprint density at radius 3 is 2.49 bits per heavy atom. The van der Waals surface area contributed by atoms with E-state index in [-0.39, 0.29) is 0 Å². The Morgan fingerprint density at radius 2 is 1.74 bits per heavy atom. The number of primary amides is 1. The molecule has 9 heteroatoms. The Balaban J connectivity index is 1.11. The summed E-state index contributed by atoms with van der Waals surface area (Å²) >= 11 is 12.6. The fourth-order valence-corrected chi connectivity index (χ4v) is 5.98. The summed E-state index contributed by atoms with van der Waals surface area (Å²) < 4.78 is 1.78. The maximum Gasteiger partial charge on any atom is 0.319 e. The highest BCUT2D eigenvalue weighted by molar-refractivity contribution is 6.43. The lowest BCUT2D eigenvalue weighted by atomic mass is 9.81. The molecule has 1 saturated carbocycles. The van der Waals surface area contributed by atoms with Crippen LogP contribution in [0.25, 0.3) is 5.52 Å². The van der Waals surface area contributed by atoms with E-state index in [1.54, 1.807) is 15.6 Å². The molecule has 2 fully saturated rings. The van der Waals surface area contributed by atoms with Crippen LogP contribution in [0.15, 0.2) is 48.8 Å². The van der Waals surface area contributed by atoms with E-state index in [1.165, 1.54) is 12.8 Å². The molecule has 1 saturated heterocycles. The fourth-order valence-electron chi connectivity index (χ4n) is 5.56. The maximum atomic E-state index is 12.3. The van der Waals surface area contributed by atoms with Gasteiger partial charge in [0.25, 0.3) is 0 Å². The zero-order chi connectivity index (χ0) is 24.4. The first kappa shape index (κ1) is 24.2. The van der Waals surface area contributed by atoms with Gasteiger partial charge in [-0.15, -0.1) is 0 Å². The van der Waals surface area contributed by atoms with Gasteiger partial charge in [0.05, 0.1) is 33.1 Å². The molecule has 1 aliphatic heterocycles. The van der Waals surface area contributed by atoms with Crippen LogP contribution in [-0.4, -0.2) is 59.8 Å². The van der Waals surface area contributed by atoms with Crippen molar-refractivity contribution >= 4 is 46.1 Å². The number of anilines is 2. The Bertz CT molecular complexity index is 1170. The quantitative estimate of drug-likeness (QED) is 0.493. The first-order valence-corrected chi connectivity index (χ1v) is 13.2. The third-order valence-electron chi connectivity index (χ3n) is 7.53. The topological polar surface area (TPSA) is 70.1 Å². The van der Waals surface area contributed by atoms with Crippen LogP contribution in [0.3, 0.4) is 0 Å². The molecule has 3 heterocycles. The van der Waals surface area contributed by atoms with Gasteiger partial charge >= 0.3 is 6.03 Å². The van der Waals surface area contributed by atoms with E-state index in [0.717, 1.165) is 62.5 Å². The van der Waals surface area contributed by atoms with Gasteiger partial charge in [0.1, 0.15) is 0 Å². The highest BCUT2D eigenvalue weighted by Gasteiger charge is 2.28. The lowest BCUT2D eigenvalue weighted by molar-refractivity contribution is 0.174. The maximum absolute atomic E-state index is 12.3. The van der Waals surface area contributed by atoms with Gasteiger partial charge in [-0.25, -0.2) is 9.31 Å². The van der Waals surface area contributed by atoms with E-state index >= 15 is 0 Å². The van der Waals surface area contributed by atoms with Crippen LogP contribution < -0.4 is 15.5 Å². The number of benzene rings is 1. The molecule has 186 valence electrons. The van der Waals surface area contributed by atoms with Gasteiger partial charge in [-0.05, 0) is 61.8 Å². The van der Waals surface area contributed by atoms with Gasteiger partial charge in [0.2, 0.25) is 0 Å². The average molecular weight is 515 g/mol. The predicted molar refractivity (Wildman–Crippen MR) is 143 cm³/mol. The zero-order valence-electron chi connectivity index (χ0n) is 19.8. The van der Waals surface area contributed by atoms with E-state index in [2.05, 4.69) is 14.9 Å². The normalized spacial score (nSPS) is 21.4. The molecule has 0 radical (unpaired) electrons. The van der Waals surface area contributed by atoms with Crippen molar-refractivity contribution in [3.63, 3.8) is 0 Å². The van der Waals surface area contributed by atoms with E-state index in [4.69, 9.17) is 28.9 Å². The van der Waals surface area contributed by atoms with E-state index in [1.807, 2.05) is 42.6 Å². The molecule has 2 aromatic heterocycles. The molecule has 35 heavy (non-hydrogen) atoms. The molecular formula is C26H32Cl2N6O. The summed E-state index contributed by atoms with van der Waals surface area (Å²) in [6.45, 7) is 5.78. The van der Waals surface area contributed by atoms with E-state index in [0.29, 0.717) is 28.4 Å². The first-order chi connectivity index (χ1) is 17.0. The molecule has 0 bridgehead atoms. The van der Waals surface area contributed by atoms with Crippen LogP contribution in [-0.2, 0) is 0 Å². The Kier molecular flexibility index (Phi) is 7.37. The number of urea groups is 1. The lowest BCUT2D eigenvalue weighted by Gasteiger charge is -2.39. The van der Waals surface area contributed by atoms with Crippen LogP contribution in [0.1, 0.15) is 25.7 Å². The molecule has 0 atom stereocenters. The molecule has 0 spiro atoms. The number of amides is 2. The van der Waals surface area contributed by atoms with E-state index < -0.39 is 6.03 Å². The van der Waals surface area contributed by atoms with Gasteiger partial charge in [-0.3, -0.25) is 9.80 Å². The second kappa shape index (κ2) is 10.6. The summed E-state index contributed by atoms with van der Waals surface area (Å²) in [5, 5.41) is 5.63. The largest absolute Gasteiger partial charge is 0.368 e. The fraction of sp³-hybridized carbons (Fsp3) is 0.462. The SMILES string of the molecule is NC(=O)N(CC1CCC(CN2CCN(c3cccc(Cl)c3Cl)CC2)CC1)c1cnn2ccccc12. The smallest absolute Gasteiger partial charge is 0.319 e. The number of pyridine rings is 1. The monoisotopic (exact) mass is 514 g/mol. The molecule has 1 aromatic carbocycles. The summed E-state index contributed by atoms with van der Waals surface area (Å²) in [4.78, 5) is 18.9. The summed E-state index contributed by atoms with van der Waals surface area (Å²) in [6, 6.07) is 11.3. The second-order valence-corrected chi connectivity index (χ2v) is 10.5. The predicted octanol–water partition coefficient (Wildman–Crippen LogP) is 5.15. The van der Waals surface area contributed by atoms with Crippen LogP contribution in [0.4, 0.5) is 16.2 Å². The van der Waals surface area contributed by atoms with Gasteiger partial charge in [-0.2, -0.15) is 5.10 Å². The average Bonchev–Trinajstić information content (AvgIpc) is 3.29. The van der Waals surface area contributed by atoms with Gasteiger partial charge in [-0.1, -0.05) is 35.3 Å². The number of piperazine rings is 1. The van der Waals surface area contributed by atoms with Crippen LogP contribution >= 0.6 is 23.2 Å². The van der Waals surface area contributed by atoms with Crippen LogP contribution in [0, 0.1) is 11.8 Å². The highest BCUT2D eigenvalue weighted by atomic mass is 35.5. The number of fused-ring (bicyclic) bond motifs is 1. The number of aromatic nitrogens is 2. The number of nitrogens with two attached hydrogens (primary N) is 1. The van der Waals surface area contributed by atoms with Crippen molar-refractivity contribution in [2.24, 2.45) is 17.6 Å². The number of halogens is 2. The number of hydrogen-bond acceptors (Lipinski definition) is 4. The molecule has 5 rings (SSSR count). The van der Waals surface area contributed by atoms with Crippen molar-refractivity contribution in [2.45, 2.75) is 25.7 Å². The molecule has 1 aliphatic carbocycles. The summed E-state index contributed by atoms with van der Waals surface area (Å²) in [5.41, 5.74) is 8.50. The highest BCUT2D eigenvalue weighted by Crippen LogP contribution is 2.34. The van der Waals surface area contributed by atoms with Crippen molar-refractivity contribution < 1.29 is 4.79 Å². The Labute approximate surface area is 216 Å². The summed E-state index contributed by atoms with van der Waals surface area (Å²) in [6.07, 6.45) is 8.23. The van der Waals surface area contributed by atoms with Gasteiger partial charge in [0, 0.05) is 45.5 Å². The number of hydrogen-bond donors (Lipinski definition) is 1. The van der Waals surface area contributed by atoms with Gasteiger partial charge in [0.15, 0.2) is 0 Å². The first-order valence-electron chi connectivity index (χ1n) is 12.4. The van der Waals surface area contributed by atoms with Crippen molar-refractivity contribution in [3.8, 4) is 0 Å². The summed E-state index contributed by atoms with van der Waals surface area (Å²) in [5.74, 6) is 1.16.